The summed E-state index contributed by atoms with van der Waals surface area (Å²) in [5, 5.41) is 0. The van der Waals surface area contributed by atoms with Crippen LogP contribution in [0.5, 0.6) is 0 Å². The molecular formula is C14H19IO5S. The Morgan fingerprint density at radius 2 is 1.67 bits per heavy atom. The number of ether oxygens (including phenoxy) is 2. The molecule has 21 heavy (non-hydrogen) atoms. The second-order valence-corrected chi connectivity index (χ2v) is 8.82. The van der Waals surface area contributed by atoms with Gasteiger partial charge in [0, 0.05) is 8.99 Å². The van der Waals surface area contributed by atoms with Crippen molar-refractivity contribution < 1.29 is 22.1 Å². The van der Waals surface area contributed by atoms with Crippen molar-refractivity contribution in [1.82, 2.24) is 0 Å². The van der Waals surface area contributed by atoms with Crippen molar-refractivity contribution in [3.63, 3.8) is 0 Å². The topological polar surface area (TPSA) is 61.8 Å². The third kappa shape index (κ3) is 4.62. The Morgan fingerprint density at radius 1 is 1.14 bits per heavy atom. The van der Waals surface area contributed by atoms with Gasteiger partial charge in [-0.15, -0.1) is 0 Å². The van der Waals surface area contributed by atoms with E-state index in [2.05, 4.69) is 22.6 Å². The molecule has 1 aliphatic heterocycles. The monoisotopic (exact) mass is 426 g/mol. The molecule has 0 N–H and O–H groups in total. The second-order valence-electron chi connectivity index (χ2n) is 5.96. The van der Waals surface area contributed by atoms with Crippen LogP contribution in [0.15, 0.2) is 29.2 Å². The van der Waals surface area contributed by atoms with Crippen LogP contribution in [0.3, 0.4) is 0 Å². The van der Waals surface area contributed by atoms with Gasteiger partial charge in [0.25, 0.3) is 10.1 Å². The summed E-state index contributed by atoms with van der Waals surface area (Å²) in [5.41, 5.74) is -0.480. The van der Waals surface area contributed by atoms with Crippen LogP contribution in [0.4, 0.5) is 0 Å². The smallest absolute Gasteiger partial charge is 0.296 e. The molecule has 0 spiro atoms. The van der Waals surface area contributed by atoms with E-state index in [4.69, 9.17) is 13.7 Å². The highest BCUT2D eigenvalue weighted by Gasteiger charge is 2.38. The van der Waals surface area contributed by atoms with Crippen LogP contribution < -0.4 is 0 Å². The van der Waals surface area contributed by atoms with E-state index < -0.39 is 21.3 Å². The van der Waals surface area contributed by atoms with E-state index in [1.165, 1.54) is 12.1 Å². The molecule has 0 aromatic heterocycles. The minimum atomic E-state index is -3.76. The predicted molar refractivity (Wildman–Crippen MR) is 86.4 cm³/mol. The fourth-order valence-electron chi connectivity index (χ4n) is 1.75. The lowest BCUT2D eigenvalue weighted by atomic mass is 9.93. The standard InChI is InChI=1S/C14H19IO5S/c1-13(2)18-8-14(3,9-19-13)10-20-21(16,17)12-6-4-11(15)5-7-12/h4-7H,8-10H2,1-3H3. The fourth-order valence-corrected chi connectivity index (χ4v) is 3.16. The van der Waals surface area contributed by atoms with Crippen LogP contribution in [-0.4, -0.2) is 34.0 Å². The van der Waals surface area contributed by atoms with Crippen LogP contribution in [0.2, 0.25) is 0 Å². The molecular weight excluding hydrogens is 407 g/mol. The van der Waals surface area contributed by atoms with Gasteiger partial charge in [-0.1, -0.05) is 6.92 Å². The van der Waals surface area contributed by atoms with E-state index in [1.807, 2.05) is 20.8 Å². The molecule has 1 heterocycles. The molecule has 1 saturated heterocycles. The van der Waals surface area contributed by atoms with Crippen LogP contribution >= 0.6 is 22.6 Å². The highest BCUT2D eigenvalue weighted by molar-refractivity contribution is 14.1. The Kier molecular flexibility index (Phi) is 4.99. The molecule has 0 unspecified atom stereocenters. The van der Waals surface area contributed by atoms with E-state index >= 15 is 0 Å². The minimum absolute atomic E-state index is 0.0252. The van der Waals surface area contributed by atoms with Gasteiger partial charge in [-0.3, -0.25) is 4.18 Å². The Hall–Kier alpha value is -0.220. The minimum Gasteiger partial charge on any atom is -0.350 e. The van der Waals surface area contributed by atoms with Crippen molar-refractivity contribution >= 4 is 32.7 Å². The third-order valence-corrected chi connectivity index (χ3v) is 5.20. The Labute approximate surface area is 139 Å². The first kappa shape index (κ1) is 17.1. The maximum absolute atomic E-state index is 12.1. The maximum atomic E-state index is 12.1. The number of halogens is 1. The van der Waals surface area contributed by atoms with E-state index in [9.17, 15) is 8.42 Å². The number of hydrogen-bond donors (Lipinski definition) is 0. The van der Waals surface area contributed by atoms with Gasteiger partial charge in [-0.2, -0.15) is 8.42 Å². The molecule has 0 aliphatic carbocycles. The normalized spacial score (nSPS) is 21.1. The van der Waals surface area contributed by atoms with Gasteiger partial charge in [0.1, 0.15) is 0 Å². The van der Waals surface area contributed by atoms with E-state index in [0.29, 0.717) is 13.2 Å². The molecule has 0 atom stereocenters. The Balaban J connectivity index is 2.00. The molecule has 2 rings (SSSR count). The average Bonchev–Trinajstić information content (AvgIpc) is 2.42. The summed E-state index contributed by atoms with van der Waals surface area (Å²) in [6.45, 7) is 6.35. The van der Waals surface area contributed by atoms with Gasteiger partial charge in [0.2, 0.25) is 0 Å². The van der Waals surface area contributed by atoms with Gasteiger partial charge in [-0.25, -0.2) is 0 Å². The summed E-state index contributed by atoms with van der Waals surface area (Å²) in [6, 6.07) is 6.54. The SMILES string of the molecule is CC1(COS(=O)(=O)c2ccc(I)cc2)COC(C)(C)OC1. The van der Waals surface area contributed by atoms with Crippen molar-refractivity contribution in [3.05, 3.63) is 27.8 Å². The quantitative estimate of drug-likeness (QED) is 0.548. The van der Waals surface area contributed by atoms with Crippen LogP contribution in [0, 0.1) is 8.99 Å². The van der Waals surface area contributed by atoms with Gasteiger partial charge in [0.15, 0.2) is 5.79 Å². The first-order valence-electron chi connectivity index (χ1n) is 6.55. The Bertz CT molecular complexity index is 584. The lowest BCUT2D eigenvalue weighted by Crippen LogP contribution is -2.47. The van der Waals surface area contributed by atoms with Crippen molar-refractivity contribution in [2.45, 2.75) is 31.5 Å². The zero-order valence-corrected chi connectivity index (χ0v) is 15.2. The summed E-state index contributed by atoms with van der Waals surface area (Å²) < 4.78 is 41.6. The van der Waals surface area contributed by atoms with E-state index in [-0.39, 0.29) is 11.5 Å². The molecule has 1 aliphatic rings. The van der Waals surface area contributed by atoms with Crippen LogP contribution in [0.1, 0.15) is 20.8 Å². The van der Waals surface area contributed by atoms with Gasteiger partial charge >= 0.3 is 0 Å². The molecule has 0 saturated carbocycles. The molecule has 1 fully saturated rings. The van der Waals surface area contributed by atoms with Gasteiger partial charge in [-0.05, 0) is 60.7 Å². The van der Waals surface area contributed by atoms with E-state index in [0.717, 1.165) is 3.57 Å². The Morgan fingerprint density at radius 3 is 2.19 bits per heavy atom. The summed E-state index contributed by atoms with van der Waals surface area (Å²) in [6.07, 6.45) is 0. The molecule has 118 valence electrons. The zero-order valence-electron chi connectivity index (χ0n) is 12.3. The lowest BCUT2D eigenvalue weighted by Gasteiger charge is -2.40. The number of benzene rings is 1. The fraction of sp³-hybridized carbons (Fsp3) is 0.571. The van der Waals surface area contributed by atoms with Crippen molar-refractivity contribution in [2.24, 2.45) is 5.41 Å². The molecule has 1 aromatic rings. The highest BCUT2D eigenvalue weighted by atomic mass is 127. The van der Waals surface area contributed by atoms with Crippen molar-refractivity contribution in [2.75, 3.05) is 19.8 Å². The predicted octanol–water partition coefficient (Wildman–Crippen LogP) is 2.79. The second kappa shape index (κ2) is 6.11. The summed E-state index contributed by atoms with van der Waals surface area (Å²) in [7, 11) is -3.76. The van der Waals surface area contributed by atoms with Crippen molar-refractivity contribution in [3.8, 4) is 0 Å². The molecule has 5 nitrogen and oxygen atoms in total. The van der Waals surface area contributed by atoms with Gasteiger partial charge in [0.05, 0.1) is 24.7 Å². The first-order chi connectivity index (χ1) is 9.62. The molecule has 0 bridgehead atoms. The van der Waals surface area contributed by atoms with Crippen LogP contribution in [-0.2, 0) is 23.8 Å². The maximum Gasteiger partial charge on any atom is 0.296 e. The summed E-state index contributed by atoms with van der Waals surface area (Å²) in [5.74, 6) is -0.630. The summed E-state index contributed by atoms with van der Waals surface area (Å²) in [4.78, 5) is 0.157. The molecule has 0 amide bonds. The number of rotatable bonds is 4. The van der Waals surface area contributed by atoms with Crippen LogP contribution in [0.25, 0.3) is 0 Å². The largest absolute Gasteiger partial charge is 0.350 e. The van der Waals surface area contributed by atoms with Crippen molar-refractivity contribution in [1.29, 1.82) is 0 Å². The van der Waals surface area contributed by atoms with Gasteiger partial charge < -0.3 is 9.47 Å². The highest BCUT2D eigenvalue weighted by Crippen LogP contribution is 2.30. The average molecular weight is 426 g/mol. The number of hydrogen-bond acceptors (Lipinski definition) is 5. The molecule has 7 heteroatoms. The zero-order chi connectivity index (χ0) is 15.7. The van der Waals surface area contributed by atoms with E-state index in [1.54, 1.807) is 12.1 Å². The first-order valence-corrected chi connectivity index (χ1v) is 9.04. The lowest BCUT2D eigenvalue weighted by molar-refractivity contribution is -0.285. The molecule has 1 aromatic carbocycles. The third-order valence-electron chi connectivity index (χ3n) is 3.20. The summed E-state index contributed by atoms with van der Waals surface area (Å²) >= 11 is 2.12. The molecule has 0 radical (unpaired) electrons.